The van der Waals surface area contributed by atoms with E-state index in [2.05, 4.69) is 10.1 Å². The molecule has 0 saturated carbocycles. The van der Waals surface area contributed by atoms with E-state index >= 15 is 0 Å². The molecule has 0 aliphatic heterocycles. The summed E-state index contributed by atoms with van der Waals surface area (Å²) in [7, 11) is 0. The summed E-state index contributed by atoms with van der Waals surface area (Å²) in [6.07, 6.45) is -2.46. The molecule has 0 amide bonds. The molecule has 2 heterocycles. The smallest absolute Gasteiger partial charge is 0.417 e. The van der Waals surface area contributed by atoms with Crippen molar-refractivity contribution in [2.75, 3.05) is 13.2 Å². The van der Waals surface area contributed by atoms with Crippen LogP contribution in [0.1, 0.15) is 27.2 Å². The minimum atomic E-state index is -4.47. The molecule has 0 spiro atoms. The number of benzene rings is 1. The van der Waals surface area contributed by atoms with Crippen LogP contribution in [-0.4, -0.2) is 33.9 Å². The number of esters is 1. The van der Waals surface area contributed by atoms with Crippen LogP contribution in [0.2, 0.25) is 0 Å². The van der Waals surface area contributed by atoms with E-state index in [1.807, 2.05) is 31.2 Å². The van der Waals surface area contributed by atoms with Gasteiger partial charge in [0, 0.05) is 6.20 Å². The highest BCUT2D eigenvalue weighted by Crippen LogP contribution is 2.28. The maximum Gasteiger partial charge on any atom is 0.417 e. The monoisotopic (exact) mass is 405 g/mol. The molecule has 0 saturated heterocycles. The number of nitrogens with zero attached hydrogens (tertiary/aromatic N) is 3. The highest BCUT2D eigenvalue weighted by molar-refractivity contribution is 5.90. The Balaban J connectivity index is 1.59. The minimum Gasteiger partial charge on any atom is -0.490 e. The molecule has 0 bridgehead atoms. The number of alkyl halides is 3. The summed E-state index contributed by atoms with van der Waals surface area (Å²) < 4.78 is 49.9. The van der Waals surface area contributed by atoms with Gasteiger partial charge in [-0.2, -0.15) is 18.3 Å². The summed E-state index contributed by atoms with van der Waals surface area (Å²) in [4.78, 5) is 16.0. The molecule has 0 atom stereocenters. The lowest BCUT2D eigenvalue weighted by Crippen LogP contribution is -2.13. The van der Waals surface area contributed by atoms with Crippen molar-refractivity contribution >= 4 is 5.97 Å². The van der Waals surface area contributed by atoms with Gasteiger partial charge >= 0.3 is 12.1 Å². The van der Waals surface area contributed by atoms with E-state index in [9.17, 15) is 18.0 Å². The first kappa shape index (κ1) is 20.4. The number of carbonyl (C=O) groups is 1. The van der Waals surface area contributed by atoms with E-state index in [0.717, 1.165) is 17.8 Å². The van der Waals surface area contributed by atoms with Crippen LogP contribution >= 0.6 is 0 Å². The first-order valence-corrected chi connectivity index (χ1v) is 8.70. The highest BCUT2D eigenvalue weighted by atomic mass is 19.4. The van der Waals surface area contributed by atoms with Crippen molar-refractivity contribution < 1.29 is 27.4 Å². The summed E-state index contributed by atoms with van der Waals surface area (Å²) in [6.45, 7) is 3.79. The van der Waals surface area contributed by atoms with Crippen molar-refractivity contribution in [2.24, 2.45) is 0 Å². The largest absolute Gasteiger partial charge is 0.490 e. The first-order valence-electron chi connectivity index (χ1n) is 8.70. The highest BCUT2D eigenvalue weighted by Gasteiger charge is 2.30. The van der Waals surface area contributed by atoms with E-state index in [-0.39, 0.29) is 24.6 Å². The van der Waals surface area contributed by atoms with E-state index in [0.29, 0.717) is 11.4 Å². The fourth-order valence-corrected chi connectivity index (χ4v) is 2.53. The molecular weight excluding hydrogens is 387 g/mol. The number of carbonyl (C=O) groups excluding carboxylic acids is 1. The molecular formula is C20H18F3N3O3. The minimum absolute atomic E-state index is 0.0376. The zero-order valence-electron chi connectivity index (χ0n) is 15.7. The van der Waals surface area contributed by atoms with Gasteiger partial charge in [0.2, 0.25) is 0 Å². The van der Waals surface area contributed by atoms with Gasteiger partial charge in [-0.25, -0.2) is 14.5 Å². The zero-order valence-corrected chi connectivity index (χ0v) is 15.7. The molecule has 0 unspecified atom stereocenters. The third kappa shape index (κ3) is 4.92. The van der Waals surface area contributed by atoms with Crippen molar-refractivity contribution in [1.29, 1.82) is 0 Å². The van der Waals surface area contributed by atoms with E-state index in [4.69, 9.17) is 9.47 Å². The number of rotatable bonds is 6. The lowest BCUT2D eigenvalue weighted by atomic mass is 10.2. The molecule has 1 aromatic carbocycles. The lowest BCUT2D eigenvalue weighted by Gasteiger charge is -2.09. The SMILES string of the molecule is Cc1ccc(OCCOC(=O)c2cnn(-c3ccc(C(F)(F)F)cn3)c2C)cc1. The second-order valence-corrected chi connectivity index (χ2v) is 6.26. The number of hydrogen-bond acceptors (Lipinski definition) is 5. The van der Waals surface area contributed by atoms with Gasteiger partial charge in [0.25, 0.3) is 0 Å². The van der Waals surface area contributed by atoms with Crippen molar-refractivity contribution in [1.82, 2.24) is 14.8 Å². The summed E-state index contributed by atoms with van der Waals surface area (Å²) in [6, 6.07) is 9.56. The van der Waals surface area contributed by atoms with E-state index in [1.54, 1.807) is 6.92 Å². The number of aryl methyl sites for hydroxylation is 1. The normalized spacial score (nSPS) is 11.3. The van der Waals surface area contributed by atoms with E-state index < -0.39 is 17.7 Å². The number of pyridine rings is 1. The fourth-order valence-electron chi connectivity index (χ4n) is 2.53. The molecule has 6 nitrogen and oxygen atoms in total. The van der Waals surface area contributed by atoms with Gasteiger partial charge in [0.15, 0.2) is 5.82 Å². The molecule has 0 N–H and O–H groups in total. The van der Waals surface area contributed by atoms with Crippen molar-refractivity contribution in [2.45, 2.75) is 20.0 Å². The molecule has 0 fully saturated rings. The Morgan fingerprint density at radius 3 is 2.38 bits per heavy atom. The second-order valence-electron chi connectivity index (χ2n) is 6.26. The fraction of sp³-hybridized carbons (Fsp3) is 0.250. The second kappa shape index (κ2) is 8.34. The molecule has 9 heteroatoms. The third-order valence-corrected chi connectivity index (χ3v) is 4.13. The van der Waals surface area contributed by atoms with Crippen molar-refractivity contribution in [3.8, 4) is 11.6 Å². The topological polar surface area (TPSA) is 66.2 Å². The Morgan fingerprint density at radius 2 is 1.76 bits per heavy atom. The Hall–Kier alpha value is -3.36. The van der Waals surface area contributed by atoms with Gasteiger partial charge in [0.1, 0.15) is 24.5 Å². The predicted octanol–water partition coefficient (Wildman–Crippen LogP) is 4.14. The van der Waals surface area contributed by atoms with Crippen molar-refractivity contribution in [3.63, 3.8) is 0 Å². The molecule has 0 aliphatic carbocycles. The van der Waals surface area contributed by atoms with Gasteiger partial charge < -0.3 is 9.47 Å². The van der Waals surface area contributed by atoms with Gasteiger partial charge in [-0.3, -0.25) is 0 Å². The molecule has 29 heavy (non-hydrogen) atoms. The number of halogens is 3. The Morgan fingerprint density at radius 1 is 1.03 bits per heavy atom. The number of ether oxygens (including phenoxy) is 2. The maximum atomic E-state index is 12.7. The van der Waals surface area contributed by atoms with Crippen LogP contribution < -0.4 is 4.74 Å². The number of aromatic nitrogens is 3. The van der Waals surface area contributed by atoms with Gasteiger partial charge in [0.05, 0.1) is 17.5 Å². The lowest BCUT2D eigenvalue weighted by molar-refractivity contribution is -0.137. The molecule has 3 aromatic rings. The summed E-state index contributed by atoms with van der Waals surface area (Å²) in [5.74, 6) is 0.231. The molecule has 3 rings (SSSR count). The van der Waals surface area contributed by atoms with Crippen LogP contribution in [0, 0.1) is 13.8 Å². The molecule has 152 valence electrons. The summed E-state index contributed by atoms with van der Waals surface area (Å²) in [5.41, 5.74) is 0.849. The predicted molar refractivity (Wildman–Crippen MR) is 98.1 cm³/mol. The van der Waals surface area contributed by atoms with Crippen LogP contribution in [0.5, 0.6) is 5.75 Å². The van der Waals surface area contributed by atoms with E-state index in [1.165, 1.54) is 16.9 Å². The quantitative estimate of drug-likeness (QED) is 0.456. The van der Waals surface area contributed by atoms with Gasteiger partial charge in [-0.15, -0.1) is 0 Å². The molecule has 2 aromatic heterocycles. The average molecular weight is 405 g/mol. The Labute approximate surface area is 164 Å². The Kier molecular flexibility index (Phi) is 5.86. The van der Waals surface area contributed by atoms with Gasteiger partial charge in [-0.1, -0.05) is 17.7 Å². The van der Waals surface area contributed by atoms with Gasteiger partial charge in [-0.05, 0) is 38.1 Å². The third-order valence-electron chi connectivity index (χ3n) is 4.13. The van der Waals surface area contributed by atoms with Crippen LogP contribution in [0.3, 0.4) is 0 Å². The van der Waals surface area contributed by atoms with Crippen LogP contribution in [0.15, 0.2) is 48.8 Å². The maximum absolute atomic E-state index is 12.7. The number of hydrogen-bond donors (Lipinski definition) is 0. The standard InChI is InChI=1S/C20H18F3N3O3/c1-13-3-6-16(7-4-13)28-9-10-29-19(27)17-12-25-26(14(17)2)18-8-5-15(11-24-18)20(21,22)23/h3-8,11-12H,9-10H2,1-2H3. The molecule has 0 aliphatic rings. The van der Waals surface area contributed by atoms with Crippen LogP contribution in [0.4, 0.5) is 13.2 Å². The Bertz CT molecular complexity index is 981. The van der Waals surface area contributed by atoms with Crippen molar-refractivity contribution in [3.05, 3.63) is 71.2 Å². The summed E-state index contributed by atoms with van der Waals surface area (Å²) in [5, 5.41) is 4.02. The zero-order chi connectivity index (χ0) is 21.0. The van der Waals surface area contributed by atoms with Crippen LogP contribution in [-0.2, 0) is 10.9 Å². The van der Waals surface area contributed by atoms with Crippen LogP contribution in [0.25, 0.3) is 5.82 Å². The summed E-state index contributed by atoms with van der Waals surface area (Å²) >= 11 is 0. The molecule has 0 radical (unpaired) electrons. The first-order chi connectivity index (χ1) is 13.8. The average Bonchev–Trinajstić information content (AvgIpc) is 3.07.